The fraction of sp³-hybridized carbons (Fsp3) is 0.333. The van der Waals surface area contributed by atoms with Crippen molar-refractivity contribution < 1.29 is 9.53 Å². The predicted molar refractivity (Wildman–Crippen MR) is 73.0 cm³/mol. The minimum Gasteiger partial charge on any atom is -0.366 e. The van der Waals surface area contributed by atoms with Gasteiger partial charge in [0, 0.05) is 29.9 Å². The van der Waals surface area contributed by atoms with Crippen LogP contribution in [0, 0.1) is 0 Å². The maximum atomic E-state index is 12.5. The summed E-state index contributed by atoms with van der Waals surface area (Å²) in [6.07, 6.45) is 4.72. The molecule has 0 radical (unpaired) electrons. The number of nitrogens with two attached hydrogens (primary N) is 1. The predicted octanol–water partition coefficient (Wildman–Crippen LogP) is 1.92. The molecule has 0 aliphatic carbocycles. The Morgan fingerprint density at radius 2 is 2.26 bits per heavy atom. The lowest BCUT2D eigenvalue weighted by atomic mass is 9.99. The van der Waals surface area contributed by atoms with Crippen molar-refractivity contribution in [2.75, 3.05) is 6.54 Å². The van der Waals surface area contributed by atoms with Gasteiger partial charge in [-0.05, 0) is 24.3 Å². The Balaban J connectivity index is 1.94. The second kappa shape index (κ2) is 5.07. The van der Waals surface area contributed by atoms with Gasteiger partial charge in [-0.1, -0.05) is 18.2 Å². The standard InChI is InChI=1S/C15H16N2O2/c16-8-11-4-5-14(19-11)15(18)12-3-1-2-10-6-7-17-9-13(10)12/h1-3,6-7,9,11,14H,4-5,8,16H2. The number of aromatic nitrogens is 1. The summed E-state index contributed by atoms with van der Waals surface area (Å²) in [6, 6.07) is 7.62. The van der Waals surface area contributed by atoms with Crippen LogP contribution in [0.1, 0.15) is 23.2 Å². The van der Waals surface area contributed by atoms with Crippen LogP contribution < -0.4 is 5.73 Å². The van der Waals surface area contributed by atoms with Gasteiger partial charge in [0.05, 0.1) is 6.10 Å². The van der Waals surface area contributed by atoms with E-state index < -0.39 is 0 Å². The summed E-state index contributed by atoms with van der Waals surface area (Å²) in [5.74, 6) is 0.0366. The number of hydrogen-bond donors (Lipinski definition) is 1. The molecule has 2 heterocycles. The molecular formula is C15H16N2O2. The molecule has 1 aliphatic heterocycles. The third kappa shape index (κ3) is 2.25. The third-order valence-corrected chi connectivity index (χ3v) is 3.61. The SMILES string of the molecule is NCC1CCC(C(=O)c2cccc3ccncc23)O1. The fourth-order valence-electron chi connectivity index (χ4n) is 2.57. The monoisotopic (exact) mass is 256 g/mol. The zero-order valence-corrected chi connectivity index (χ0v) is 10.6. The largest absolute Gasteiger partial charge is 0.366 e. The number of hydrogen-bond acceptors (Lipinski definition) is 4. The molecule has 2 N–H and O–H groups in total. The summed E-state index contributed by atoms with van der Waals surface area (Å²) in [6.45, 7) is 0.473. The summed E-state index contributed by atoms with van der Waals surface area (Å²) < 4.78 is 5.68. The first-order valence-corrected chi connectivity index (χ1v) is 6.52. The van der Waals surface area contributed by atoms with Crippen LogP contribution in [-0.4, -0.2) is 29.5 Å². The number of ether oxygens (including phenoxy) is 1. The van der Waals surface area contributed by atoms with Gasteiger partial charge in [-0.2, -0.15) is 0 Å². The van der Waals surface area contributed by atoms with E-state index in [1.54, 1.807) is 12.4 Å². The molecule has 98 valence electrons. The van der Waals surface area contributed by atoms with E-state index in [0.717, 1.165) is 23.6 Å². The molecule has 2 aromatic rings. The molecule has 0 bridgehead atoms. The minimum atomic E-state index is -0.362. The van der Waals surface area contributed by atoms with Crippen LogP contribution in [-0.2, 0) is 4.74 Å². The Morgan fingerprint density at radius 3 is 3.05 bits per heavy atom. The highest BCUT2D eigenvalue weighted by atomic mass is 16.5. The quantitative estimate of drug-likeness (QED) is 0.852. The second-order valence-electron chi connectivity index (χ2n) is 4.83. The van der Waals surface area contributed by atoms with Crippen LogP contribution in [0.4, 0.5) is 0 Å². The van der Waals surface area contributed by atoms with Crippen molar-refractivity contribution >= 4 is 16.6 Å². The third-order valence-electron chi connectivity index (χ3n) is 3.61. The maximum Gasteiger partial charge on any atom is 0.192 e. The highest BCUT2D eigenvalue weighted by molar-refractivity contribution is 6.09. The molecule has 1 aromatic heterocycles. The molecule has 4 heteroatoms. The molecule has 3 rings (SSSR count). The smallest absolute Gasteiger partial charge is 0.192 e. The van der Waals surface area contributed by atoms with Crippen LogP contribution in [0.15, 0.2) is 36.7 Å². The summed E-state index contributed by atoms with van der Waals surface area (Å²) in [5, 5.41) is 1.91. The number of carbonyl (C=O) groups is 1. The Bertz CT molecular complexity index is 607. The summed E-state index contributed by atoms with van der Waals surface area (Å²) in [5.41, 5.74) is 6.27. The van der Waals surface area contributed by atoms with Gasteiger partial charge < -0.3 is 10.5 Å². The first-order chi connectivity index (χ1) is 9.29. The van der Waals surface area contributed by atoms with Crippen molar-refractivity contribution in [3.8, 4) is 0 Å². The molecule has 4 nitrogen and oxygen atoms in total. The van der Waals surface area contributed by atoms with Gasteiger partial charge >= 0.3 is 0 Å². The second-order valence-corrected chi connectivity index (χ2v) is 4.83. The topological polar surface area (TPSA) is 65.2 Å². The summed E-state index contributed by atoms with van der Waals surface area (Å²) in [7, 11) is 0. The molecule has 1 saturated heterocycles. The average molecular weight is 256 g/mol. The number of pyridine rings is 1. The molecule has 0 spiro atoms. The molecule has 1 aromatic carbocycles. The van der Waals surface area contributed by atoms with E-state index in [9.17, 15) is 4.79 Å². The van der Waals surface area contributed by atoms with Crippen LogP contribution in [0.25, 0.3) is 10.8 Å². The van der Waals surface area contributed by atoms with Crippen molar-refractivity contribution in [3.05, 3.63) is 42.2 Å². The van der Waals surface area contributed by atoms with Gasteiger partial charge in [-0.15, -0.1) is 0 Å². The average Bonchev–Trinajstić information content (AvgIpc) is 2.95. The van der Waals surface area contributed by atoms with E-state index in [4.69, 9.17) is 10.5 Å². The lowest BCUT2D eigenvalue weighted by Crippen LogP contribution is -2.25. The van der Waals surface area contributed by atoms with Gasteiger partial charge in [0.2, 0.25) is 0 Å². The molecule has 1 fully saturated rings. The van der Waals surface area contributed by atoms with Crippen molar-refractivity contribution in [1.82, 2.24) is 4.98 Å². The normalized spacial score (nSPS) is 22.8. The zero-order chi connectivity index (χ0) is 13.2. The van der Waals surface area contributed by atoms with Crippen LogP contribution in [0.3, 0.4) is 0 Å². The van der Waals surface area contributed by atoms with Gasteiger partial charge in [0.25, 0.3) is 0 Å². The van der Waals surface area contributed by atoms with E-state index >= 15 is 0 Å². The number of Topliss-reactive ketones (excluding diaryl/α,β-unsaturated/α-hetero) is 1. The Labute approximate surface area is 111 Å². The van der Waals surface area contributed by atoms with E-state index in [-0.39, 0.29) is 18.0 Å². The van der Waals surface area contributed by atoms with E-state index in [2.05, 4.69) is 4.98 Å². The van der Waals surface area contributed by atoms with Crippen molar-refractivity contribution in [2.45, 2.75) is 25.0 Å². The lowest BCUT2D eigenvalue weighted by Gasteiger charge is -2.12. The Hall–Kier alpha value is -1.78. The number of benzene rings is 1. The van der Waals surface area contributed by atoms with Gasteiger partial charge in [-0.25, -0.2) is 0 Å². The zero-order valence-electron chi connectivity index (χ0n) is 10.6. The summed E-state index contributed by atoms with van der Waals surface area (Å²) >= 11 is 0. The number of ketones is 1. The molecule has 0 amide bonds. The minimum absolute atomic E-state index is 0.0158. The number of carbonyl (C=O) groups excluding carboxylic acids is 1. The van der Waals surface area contributed by atoms with E-state index in [1.807, 2.05) is 24.3 Å². The number of rotatable bonds is 3. The molecule has 19 heavy (non-hydrogen) atoms. The van der Waals surface area contributed by atoms with Gasteiger partial charge in [-0.3, -0.25) is 9.78 Å². The molecule has 2 unspecified atom stereocenters. The van der Waals surface area contributed by atoms with Crippen molar-refractivity contribution in [3.63, 3.8) is 0 Å². The lowest BCUT2D eigenvalue weighted by molar-refractivity contribution is 0.0405. The molecule has 1 aliphatic rings. The van der Waals surface area contributed by atoms with Crippen LogP contribution in [0.5, 0.6) is 0 Å². The van der Waals surface area contributed by atoms with E-state index in [0.29, 0.717) is 12.1 Å². The Kier molecular flexibility index (Phi) is 3.27. The van der Waals surface area contributed by atoms with Crippen LogP contribution in [0.2, 0.25) is 0 Å². The number of nitrogens with zero attached hydrogens (tertiary/aromatic N) is 1. The molecule has 2 atom stereocenters. The first-order valence-electron chi connectivity index (χ1n) is 6.52. The van der Waals surface area contributed by atoms with Crippen molar-refractivity contribution in [2.24, 2.45) is 5.73 Å². The highest BCUT2D eigenvalue weighted by Gasteiger charge is 2.31. The van der Waals surface area contributed by atoms with E-state index in [1.165, 1.54) is 0 Å². The first kappa shape index (κ1) is 12.3. The molecule has 0 saturated carbocycles. The molecular weight excluding hydrogens is 240 g/mol. The van der Waals surface area contributed by atoms with Crippen LogP contribution >= 0.6 is 0 Å². The van der Waals surface area contributed by atoms with Gasteiger partial charge in [0.1, 0.15) is 6.10 Å². The maximum absolute atomic E-state index is 12.5. The summed E-state index contributed by atoms with van der Waals surface area (Å²) in [4.78, 5) is 16.6. The van der Waals surface area contributed by atoms with Gasteiger partial charge in [0.15, 0.2) is 5.78 Å². The Morgan fingerprint density at radius 1 is 1.37 bits per heavy atom. The number of fused-ring (bicyclic) bond motifs is 1. The van der Waals surface area contributed by atoms with Crippen molar-refractivity contribution in [1.29, 1.82) is 0 Å². The highest BCUT2D eigenvalue weighted by Crippen LogP contribution is 2.25. The fourth-order valence-corrected chi connectivity index (χ4v) is 2.57.